The topological polar surface area (TPSA) is 125 Å². The number of fused-ring (bicyclic) bond motifs is 1. The van der Waals surface area contributed by atoms with Crippen molar-refractivity contribution in [3.8, 4) is 23.1 Å². The van der Waals surface area contributed by atoms with Crippen LogP contribution in [0.25, 0.3) is 16.6 Å². The van der Waals surface area contributed by atoms with Gasteiger partial charge in [-0.05, 0) is 49.9 Å². The second kappa shape index (κ2) is 15.6. The predicted octanol–water partition coefficient (Wildman–Crippen LogP) is 5.86. The van der Waals surface area contributed by atoms with Crippen molar-refractivity contribution in [2.45, 2.75) is 22.4 Å². The van der Waals surface area contributed by atoms with Gasteiger partial charge in [0.25, 0.3) is 5.56 Å². The molecule has 2 aromatic heterocycles. The molecule has 3 heterocycles. The lowest BCUT2D eigenvalue weighted by Gasteiger charge is -2.32. The number of aromatic hydroxyl groups is 1. The van der Waals surface area contributed by atoms with Crippen LogP contribution < -0.4 is 20.7 Å². The number of aromatic amines is 1. The van der Waals surface area contributed by atoms with Gasteiger partial charge in [0.05, 0.1) is 36.2 Å². The zero-order valence-corrected chi connectivity index (χ0v) is 28.9. The number of likely N-dealkylation sites (N-methyl/N-ethyl adjacent to an activating group) is 1. The second-order valence-electron chi connectivity index (χ2n) is 12.0. The highest BCUT2D eigenvalue weighted by molar-refractivity contribution is 7.99. The number of aliphatic imine (C=N–C) groups is 1. The van der Waals surface area contributed by atoms with E-state index in [-0.39, 0.29) is 10.6 Å². The summed E-state index contributed by atoms with van der Waals surface area (Å²) in [5.74, 6) is -0.653. The van der Waals surface area contributed by atoms with E-state index in [4.69, 9.17) is 9.47 Å². The van der Waals surface area contributed by atoms with Crippen molar-refractivity contribution in [3.63, 3.8) is 0 Å². The zero-order valence-electron chi connectivity index (χ0n) is 28.1. The Morgan fingerprint density at radius 1 is 1.02 bits per heavy atom. The Bertz CT molecular complexity index is 2230. The van der Waals surface area contributed by atoms with E-state index < -0.39 is 45.9 Å². The number of benzene rings is 3. The summed E-state index contributed by atoms with van der Waals surface area (Å²) in [6.45, 7) is 5.62. The van der Waals surface area contributed by atoms with Crippen molar-refractivity contribution >= 4 is 34.6 Å². The average molecular weight is 739 g/mol. The summed E-state index contributed by atoms with van der Waals surface area (Å²) in [5.41, 5.74) is -4.23. The summed E-state index contributed by atoms with van der Waals surface area (Å²) in [6.07, 6.45) is -1.55. The molecular formula is C36H34F4N6O5S. The lowest BCUT2D eigenvalue weighted by atomic mass is 10.1. The molecule has 0 unspecified atom stereocenters. The number of para-hydroxylation sites is 1. The first-order valence-electron chi connectivity index (χ1n) is 16.2. The number of pyridine rings is 1. The highest BCUT2D eigenvalue weighted by atomic mass is 32.2. The Morgan fingerprint density at radius 3 is 2.52 bits per heavy atom. The van der Waals surface area contributed by atoms with Gasteiger partial charge in [-0.15, -0.1) is 0 Å². The number of hydrogen-bond donors (Lipinski definition) is 2. The number of H-pyrrole nitrogens is 1. The molecule has 6 rings (SSSR count). The molecule has 1 aliphatic rings. The van der Waals surface area contributed by atoms with Gasteiger partial charge in [0.15, 0.2) is 11.5 Å². The van der Waals surface area contributed by atoms with Gasteiger partial charge in [-0.2, -0.15) is 13.2 Å². The number of nitrogens with zero attached hydrogens (tertiary/aromatic N) is 5. The number of piperazine rings is 1. The standard InChI is InChI=1S/C36H34F4N6O5S/c1-44-13-15-45(16-14-44)12-5-17-51-30-20-27-23(19-29(30)50-2)31(10-11-41-27)52-32-9-8-22(18-26(32)37)42-21-24-33(47)43-35(49)46(34(24)48)28-7-4-3-6-25(28)36(38,39)40/h3-4,6-11,18-21,48H,5,12-17H2,1-2H3,(H,43,47,49). The minimum Gasteiger partial charge on any atom is -0.493 e. The van der Waals surface area contributed by atoms with E-state index >= 15 is 4.39 Å². The number of rotatable bonds is 11. The molecule has 1 aliphatic heterocycles. The van der Waals surface area contributed by atoms with Gasteiger partial charge in [-0.3, -0.25) is 19.8 Å². The first kappa shape index (κ1) is 36.6. The third-order valence-corrected chi connectivity index (χ3v) is 9.64. The molecule has 52 heavy (non-hydrogen) atoms. The monoisotopic (exact) mass is 738 g/mol. The van der Waals surface area contributed by atoms with Crippen LogP contribution in [-0.2, 0) is 6.18 Å². The molecule has 0 radical (unpaired) electrons. The lowest BCUT2D eigenvalue weighted by Crippen LogP contribution is -2.44. The van der Waals surface area contributed by atoms with Crippen LogP contribution in [0.3, 0.4) is 0 Å². The molecular weight excluding hydrogens is 704 g/mol. The van der Waals surface area contributed by atoms with Crippen molar-refractivity contribution in [1.29, 1.82) is 0 Å². The fraction of sp³-hybridized carbons (Fsp3) is 0.278. The van der Waals surface area contributed by atoms with Gasteiger partial charge in [-0.1, -0.05) is 23.9 Å². The third kappa shape index (κ3) is 8.14. The predicted molar refractivity (Wildman–Crippen MR) is 189 cm³/mol. The van der Waals surface area contributed by atoms with Crippen LogP contribution in [0.2, 0.25) is 0 Å². The van der Waals surface area contributed by atoms with E-state index in [2.05, 4.69) is 26.8 Å². The molecule has 0 spiro atoms. The lowest BCUT2D eigenvalue weighted by molar-refractivity contribution is -0.137. The Balaban J connectivity index is 1.19. The van der Waals surface area contributed by atoms with Crippen molar-refractivity contribution in [2.75, 3.05) is 53.5 Å². The van der Waals surface area contributed by atoms with Crippen LogP contribution in [0.5, 0.6) is 17.4 Å². The van der Waals surface area contributed by atoms with Gasteiger partial charge >= 0.3 is 11.9 Å². The fourth-order valence-electron chi connectivity index (χ4n) is 5.73. The molecule has 272 valence electrons. The molecule has 0 amide bonds. The van der Waals surface area contributed by atoms with Crippen LogP contribution in [0.15, 0.2) is 91.2 Å². The molecule has 5 aromatic rings. The maximum Gasteiger partial charge on any atom is 0.418 e. The van der Waals surface area contributed by atoms with E-state index in [1.165, 1.54) is 18.2 Å². The molecule has 0 bridgehead atoms. The average Bonchev–Trinajstić information content (AvgIpc) is 3.11. The number of aromatic nitrogens is 3. The Hall–Kier alpha value is -5.19. The first-order chi connectivity index (χ1) is 24.9. The highest BCUT2D eigenvalue weighted by Crippen LogP contribution is 2.40. The van der Waals surface area contributed by atoms with Gasteiger partial charge in [0.1, 0.15) is 11.4 Å². The van der Waals surface area contributed by atoms with Gasteiger partial charge < -0.3 is 24.4 Å². The molecule has 1 saturated heterocycles. The number of halogens is 4. The van der Waals surface area contributed by atoms with Crippen LogP contribution in [0, 0.1) is 5.82 Å². The molecule has 0 aliphatic carbocycles. The molecule has 11 nitrogen and oxygen atoms in total. The maximum absolute atomic E-state index is 15.4. The summed E-state index contributed by atoms with van der Waals surface area (Å²) in [5, 5.41) is 11.5. The van der Waals surface area contributed by atoms with Gasteiger partial charge in [0.2, 0.25) is 5.88 Å². The Morgan fingerprint density at radius 2 is 1.79 bits per heavy atom. The number of methoxy groups -OCH3 is 1. The van der Waals surface area contributed by atoms with Crippen molar-refractivity contribution in [2.24, 2.45) is 4.99 Å². The third-order valence-electron chi connectivity index (χ3n) is 8.51. The summed E-state index contributed by atoms with van der Waals surface area (Å²) in [7, 11) is 3.67. The van der Waals surface area contributed by atoms with E-state index in [1.54, 1.807) is 31.5 Å². The fourth-order valence-corrected chi connectivity index (χ4v) is 6.66. The van der Waals surface area contributed by atoms with Crippen LogP contribution in [-0.4, -0.2) is 89.1 Å². The molecule has 3 aromatic carbocycles. The normalized spacial score (nSPS) is 14.3. The second-order valence-corrected chi connectivity index (χ2v) is 13.1. The van der Waals surface area contributed by atoms with Crippen LogP contribution in [0.4, 0.5) is 23.2 Å². The summed E-state index contributed by atoms with van der Waals surface area (Å²) in [4.78, 5) is 41.1. The minimum absolute atomic E-state index is 0.0322. The number of hydrogen-bond acceptors (Lipinski definition) is 10. The molecule has 0 saturated carbocycles. The Labute approximate surface area is 299 Å². The van der Waals surface area contributed by atoms with Gasteiger partial charge in [-0.25, -0.2) is 13.8 Å². The van der Waals surface area contributed by atoms with E-state index in [1.807, 2.05) is 4.98 Å². The highest BCUT2D eigenvalue weighted by Gasteiger charge is 2.35. The molecule has 2 N–H and O–H groups in total. The summed E-state index contributed by atoms with van der Waals surface area (Å²) in [6, 6.07) is 13.4. The van der Waals surface area contributed by atoms with E-state index in [0.29, 0.717) is 38.5 Å². The largest absolute Gasteiger partial charge is 0.493 e. The first-order valence-corrected chi connectivity index (χ1v) is 17.0. The van der Waals surface area contributed by atoms with Crippen LogP contribution >= 0.6 is 11.8 Å². The number of nitrogens with one attached hydrogen (secondary N) is 1. The van der Waals surface area contributed by atoms with Crippen molar-refractivity contribution < 1.29 is 32.1 Å². The molecule has 1 fully saturated rings. The quantitative estimate of drug-likeness (QED) is 0.0974. The molecule has 16 heteroatoms. The smallest absolute Gasteiger partial charge is 0.418 e. The summed E-state index contributed by atoms with van der Waals surface area (Å²) < 4.78 is 68.4. The van der Waals surface area contributed by atoms with Crippen LogP contribution in [0.1, 0.15) is 17.5 Å². The zero-order chi connectivity index (χ0) is 37.0. The van der Waals surface area contributed by atoms with Gasteiger partial charge in [0, 0.05) is 72.4 Å². The Kier molecular flexibility index (Phi) is 11.0. The van der Waals surface area contributed by atoms with E-state index in [9.17, 15) is 27.9 Å². The minimum atomic E-state index is -4.86. The number of alkyl halides is 3. The number of ether oxygens (including phenoxy) is 2. The van der Waals surface area contributed by atoms with E-state index in [0.717, 1.165) is 81.4 Å². The SMILES string of the molecule is COc1cc2c(Sc3ccc(N=Cc4c(O)n(-c5ccccc5C(F)(F)F)c(=O)[nH]c4=O)cc3F)ccnc2cc1OCCCN1CCN(C)CC1. The maximum atomic E-state index is 15.4. The molecule has 0 atom stereocenters. The van der Waals surface area contributed by atoms with Crippen molar-refractivity contribution in [3.05, 3.63) is 105 Å². The van der Waals surface area contributed by atoms with Crippen molar-refractivity contribution in [1.82, 2.24) is 24.3 Å². The summed E-state index contributed by atoms with van der Waals surface area (Å²) >= 11 is 1.14.